The lowest BCUT2D eigenvalue weighted by Crippen LogP contribution is -2.52. The summed E-state index contributed by atoms with van der Waals surface area (Å²) in [6.07, 6.45) is 1.24. The van der Waals surface area contributed by atoms with E-state index < -0.39 is 20.6 Å². The Morgan fingerprint density at radius 2 is 1.59 bits per heavy atom. The van der Waals surface area contributed by atoms with Crippen molar-refractivity contribution < 1.29 is 33.0 Å². The van der Waals surface area contributed by atoms with Crippen LogP contribution >= 0.6 is 0 Å². The van der Waals surface area contributed by atoms with E-state index in [0.29, 0.717) is 12.8 Å². The van der Waals surface area contributed by atoms with Gasteiger partial charge in [-0.05, 0) is 63.1 Å². The Morgan fingerprint density at radius 1 is 1.00 bits per heavy atom. The highest BCUT2D eigenvalue weighted by Gasteiger charge is 2.47. The summed E-state index contributed by atoms with van der Waals surface area (Å²) in [5, 5.41) is 0.0909. The number of carbonyl (C=O) groups excluding carboxylic acids is 2. The second-order valence-electron chi connectivity index (χ2n) is 9.51. The maximum Gasteiger partial charge on any atom is 0.508 e. The highest BCUT2D eigenvalue weighted by molar-refractivity contribution is 6.74. The van der Waals surface area contributed by atoms with E-state index in [-0.39, 0.29) is 42.5 Å². The number of ether oxygens (including phenoxy) is 4. The van der Waals surface area contributed by atoms with Crippen molar-refractivity contribution in [3.05, 3.63) is 0 Å². The molecule has 1 unspecified atom stereocenters. The highest BCUT2D eigenvalue weighted by Crippen LogP contribution is 2.46. The fourth-order valence-electron chi connectivity index (χ4n) is 3.35. The fraction of sp³-hybridized carbons (Fsp3) is 0.905. The lowest BCUT2D eigenvalue weighted by molar-refractivity contribution is -0.0708. The van der Waals surface area contributed by atoms with Crippen LogP contribution in [0.25, 0.3) is 0 Å². The molecule has 0 radical (unpaired) electrons. The third-order valence-corrected chi connectivity index (χ3v) is 10.6. The summed E-state index contributed by atoms with van der Waals surface area (Å²) in [5.41, 5.74) is -0.294. The summed E-state index contributed by atoms with van der Waals surface area (Å²) in [5.74, 6) is 0. The summed E-state index contributed by atoms with van der Waals surface area (Å²) in [7, 11) is -1.99. The molecule has 0 aliphatic heterocycles. The Morgan fingerprint density at radius 3 is 2.14 bits per heavy atom. The van der Waals surface area contributed by atoms with Crippen molar-refractivity contribution in [1.82, 2.24) is 0 Å². The molecule has 0 heterocycles. The first-order valence-electron chi connectivity index (χ1n) is 10.7. The number of hydrogen-bond donors (Lipinski definition) is 0. The summed E-state index contributed by atoms with van der Waals surface area (Å²) >= 11 is 0. The largest absolute Gasteiger partial charge is 0.508 e. The van der Waals surface area contributed by atoms with Crippen LogP contribution in [0.15, 0.2) is 0 Å². The molecule has 0 amide bonds. The molecule has 0 aromatic rings. The molecule has 1 aliphatic carbocycles. The Kier molecular flexibility index (Phi) is 9.46. The molecular formula is C21H40O7Si. The normalized spacial score (nSPS) is 25.2. The van der Waals surface area contributed by atoms with Crippen LogP contribution in [-0.2, 0) is 23.4 Å². The van der Waals surface area contributed by atoms with E-state index in [2.05, 4.69) is 40.8 Å². The average molecular weight is 433 g/mol. The van der Waals surface area contributed by atoms with Crippen LogP contribution in [0.2, 0.25) is 18.1 Å². The third kappa shape index (κ3) is 7.81. The van der Waals surface area contributed by atoms with Gasteiger partial charge in [-0.3, -0.25) is 0 Å². The zero-order valence-electron chi connectivity index (χ0n) is 19.5. The van der Waals surface area contributed by atoms with Crippen LogP contribution in [0.3, 0.4) is 0 Å². The molecule has 0 aromatic heterocycles. The van der Waals surface area contributed by atoms with E-state index in [0.717, 1.165) is 12.8 Å². The summed E-state index contributed by atoms with van der Waals surface area (Å²) < 4.78 is 27.3. The molecule has 0 bridgehead atoms. The first kappa shape index (κ1) is 25.8. The van der Waals surface area contributed by atoms with Gasteiger partial charge in [0.15, 0.2) is 8.32 Å². The van der Waals surface area contributed by atoms with E-state index in [1.165, 1.54) is 0 Å². The molecule has 1 aliphatic rings. The topological polar surface area (TPSA) is 80.3 Å². The molecule has 3 atom stereocenters. The molecule has 1 saturated carbocycles. The summed E-state index contributed by atoms with van der Waals surface area (Å²) in [6.45, 7) is 17.6. The van der Waals surface area contributed by atoms with Gasteiger partial charge in [0, 0.05) is 0 Å². The summed E-state index contributed by atoms with van der Waals surface area (Å²) in [6, 6.07) is 0. The minimum Gasteiger partial charge on any atom is -0.435 e. The van der Waals surface area contributed by atoms with Crippen LogP contribution < -0.4 is 0 Å². The Balaban J connectivity index is 2.89. The van der Waals surface area contributed by atoms with E-state index in [4.69, 9.17) is 23.4 Å². The van der Waals surface area contributed by atoms with Crippen LogP contribution in [0, 0.1) is 5.41 Å². The van der Waals surface area contributed by atoms with Gasteiger partial charge < -0.3 is 23.4 Å². The monoisotopic (exact) mass is 432 g/mol. The van der Waals surface area contributed by atoms with Gasteiger partial charge >= 0.3 is 12.3 Å². The van der Waals surface area contributed by atoms with Gasteiger partial charge in [0.25, 0.3) is 0 Å². The van der Waals surface area contributed by atoms with Crippen molar-refractivity contribution in [2.24, 2.45) is 5.41 Å². The molecular weight excluding hydrogens is 392 g/mol. The predicted molar refractivity (Wildman–Crippen MR) is 114 cm³/mol. The van der Waals surface area contributed by atoms with Gasteiger partial charge in [-0.1, -0.05) is 27.7 Å². The predicted octanol–water partition coefficient (Wildman–Crippen LogP) is 5.67. The van der Waals surface area contributed by atoms with Crippen molar-refractivity contribution >= 4 is 20.6 Å². The fourth-order valence-corrected chi connectivity index (χ4v) is 4.82. The van der Waals surface area contributed by atoms with Gasteiger partial charge in [0.1, 0.15) is 6.10 Å². The Hall–Kier alpha value is -1.28. The van der Waals surface area contributed by atoms with Gasteiger partial charge in [-0.2, -0.15) is 0 Å². The van der Waals surface area contributed by atoms with E-state index in [1.807, 2.05) is 0 Å². The average Bonchev–Trinajstić information content (AvgIpc) is 2.56. The Labute approximate surface area is 176 Å². The standard InChI is InChI=1S/C21H40O7Si/c1-9-24-18(22)26-14-13-21(6)15-16(27-19(23)25-10-2)11-12-17(21)28-29(7,8)20(3,4)5/h16-17H,9-15H2,1-8H3/t16?,17-,21-/m0/s1. The molecule has 29 heavy (non-hydrogen) atoms. The Bertz CT molecular complexity index is 544. The SMILES string of the molecule is CCOC(=O)OCC[C@@]1(C)CC(OC(=O)OCC)CC[C@@H]1O[Si](C)(C)C(C)(C)C. The number of rotatable bonds is 8. The maximum atomic E-state index is 11.8. The van der Waals surface area contributed by atoms with E-state index in [1.54, 1.807) is 13.8 Å². The lowest BCUT2D eigenvalue weighted by atomic mass is 9.70. The maximum absolute atomic E-state index is 11.8. The smallest absolute Gasteiger partial charge is 0.435 e. The van der Waals surface area contributed by atoms with Crippen molar-refractivity contribution in [3.8, 4) is 0 Å². The summed E-state index contributed by atoms with van der Waals surface area (Å²) in [4.78, 5) is 23.3. The van der Waals surface area contributed by atoms with Crippen LogP contribution in [0.5, 0.6) is 0 Å². The van der Waals surface area contributed by atoms with Gasteiger partial charge in [0.2, 0.25) is 0 Å². The van der Waals surface area contributed by atoms with Crippen molar-refractivity contribution in [3.63, 3.8) is 0 Å². The molecule has 0 N–H and O–H groups in total. The van der Waals surface area contributed by atoms with Gasteiger partial charge in [0.05, 0.1) is 25.9 Å². The van der Waals surface area contributed by atoms with Gasteiger partial charge in [-0.15, -0.1) is 0 Å². The second-order valence-corrected chi connectivity index (χ2v) is 14.3. The molecule has 8 heteroatoms. The quantitative estimate of drug-likeness (QED) is 0.361. The van der Waals surface area contributed by atoms with Crippen LogP contribution in [0.4, 0.5) is 9.59 Å². The molecule has 0 aromatic carbocycles. The first-order valence-corrected chi connectivity index (χ1v) is 13.6. The number of hydrogen-bond acceptors (Lipinski definition) is 7. The molecule has 170 valence electrons. The van der Waals surface area contributed by atoms with Crippen molar-refractivity contribution in [2.75, 3.05) is 19.8 Å². The number of carbonyl (C=O) groups is 2. The minimum absolute atomic E-state index is 0.0104. The molecule has 7 nitrogen and oxygen atoms in total. The van der Waals surface area contributed by atoms with Crippen molar-refractivity contribution in [1.29, 1.82) is 0 Å². The zero-order chi connectivity index (χ0) is 22.3. The van der Waals surface area contributed by atoms with Crippen LogP contribution in [0.1, 0.15) is 67.2 Å². The van der Waals surface area contributed by atoms with Crippen molar-refractivity contribution in [2.45, 2.75) is 97.6 Å². The molecule has 0 spiro atoms. The molecule has 1 rings (SSSR count). The van der Waals surface area contributed by atoms with Crippen LogP contribution in [-0.4, -0.2) is 52.7 Å². The minimum atomic E-state index is -1.99. The lowest BCUT2D eigenvalue weighted by Gasteiger charge is -2.49. The zero-order valence-corrected chi connectivity index (χ0v) is 20.5. The second kappa shape index (κ2) is 10.7. The molecule has 0 saturated heterocycles. The first-order chi connectivity index (χ1) is 13.3. The molecule has 1 fully saturated rings. The van der Waals surface area contributed by atoms with E-state index >= 15 is 0 Å². The third-order valence-electron chi connectivity index (χ3n) is 6.15. The highest BCUT2D eigenvalue weighted by atomic mass is 28.4. The van der Waals surface area contributed by atoms with Gasteiger partial charge in [-0.25, -0.2) is 9.59 Å². The van der Waals surface area contributed by atoms with E-state index in [9.17, 15) is 9.59 Å².